The first-order chi connectivity index (χ1) is 12.6. The van der Waals surface area contributed by atoms with Crippen LogP contribution in [0.15, 0.2) is 12.7 Å². The highest BCUT2D eigenvalue weighted by atomic mass is 31.2. The van der Waals surface area contributed by atoms with Crippen molar-refractivity contribution in [2.45, 2.75) is 43.5 Å². The van der Waals surface area contributed by atoms with Crippen LogP contribution in [0.4, 0.5) is 14.6 Å². The van der Waals surface area contributed by atoms with Crippen LogP contribution in [0.25, 0.3) is 11.2 Å². The quantitative estimate of drug-likeness (QED) is 0.485. The molecule has 11 nitrogen and oxygen atoms in total. The molecule has 0 saturated carbocycles. The summed E-state index contributed by atoms with van der Waals surface area (Å²) in [5.41, 5.74) is 1.93. The molecular weight excluding hydrogens is 391 g/mol. The van der Waals surface area contributed by atoms with Crippen LogP contribution in [0.1, 0.15) is 19.6 Å². The van der Waals surface area contributed by atoms with Crippen molar-refractivity contribution in [3.63, 3.8) is 0 Å². The molecule has 150 valence electrons. The molecule has 0 aromatic carbocycles. The van der Waals surface area contributed by atoms with E-state index in [9.17, 15) is 28.5 Å². The Kier molecular flexibility index (Phi) is 5.18. The lowest BCUT2D eigenvalue weighted by molar-refractivity contribution is -0.0695. The van der Waals surface area contributed by atoms with Crippen molar-refractivity contribution in [2.24, 2.45) is 0 Å². The van der Waals surface area contributed by atoms with Crippen molar-refractivity contribution in [2.75, 3.05) is 12.3 Å². The van der Waals surface area contributed by atoms with Crippen molar-refractivity contribution in [3.05, 3.63) is 12.7 Å². The van der Waals surface area contributed by atoms with E-state index in [1.54, 1.807) is 0 Å². The molecule has 5 N–H and O–H groups in total. The van der Waals surface area contributed by atoms with E-state index in [4.69, 9.17) is 10.5 Å². The van der Waals surface area contributed by atoms with E-state index in [1.165, 1.54) is 24.1 Å². The molecule has 3 rings (SSSR count). The number of alkyl halides is 2. The number of nitrogens with zero attached hydrogens (tertiary/aromatic N) is 4. The van der Waals surface area contributed by atoms with Crippen LogP contribution in [0.3, 0.4) is 0 Å². The molecule has 14 heteroatoms. The van der Waals surface area contributed by atoms with Gasteiger partial charge in [-0.05, 0) is 6.92 Å². The van der Waals surface area contributed by atoms with Gasteiger partial charge >= 0.3 is 13.3 Å². The summed E-state index contributed by atoms with van der Waals surface area (Å²) in [6.45, 7) is 0.888. The number of aliphatic hydroxyl groups is 2. The van der Waals surface area contributed by atoms with Crippen molar-refractivity contribution in [1.29, 1.82) is 0 Å². The van der Waals surface area contributed by atoms with Gasteiger partial charge in [0.05, 0.1) is 19.1 Å². The monoisotopic (exact) mass is 409 g/mol. The van der Waals surface area contributed by atoms with Crippen molar-refractivity contribution < 1.29 is 37.7 Å². The third kappa shape index (κ3) is 3.42. The first-order valence-electron chi connectivity index (χ1n) is 7.89. The van der Waals surface area contributed by atoms with Gasteiger partial charge in [-0.1, -0.05) is 0 Å². The molecule has 5 atom stereocenters. The summed E-state index contributed by atoms with van der Waals surface area (Å²) in [6.07, 6.45) is -5.33. The predicted octanol–water partition coefficient (Wildman–Crippen LogP) is 0.232. The Labute approximate surface area is 151 Å². The third-order valence-corrected chi connectivity index (χ3v) is 5.79. The molecular formula is C13H18F2N5O6P. The van der Waals surface area contributed by atoms with Crippen LogP contribution in [-0.4, -0.2) is 65.2 Å². The number of halogens is 2. The van der Waals surface area contributed by atoms with Gasteiger partial charge in [0.15, 0.2) is 17.7 Å². The number of imidazole rings is 1. The van der Waals surface area contributed by atoms with Gasteiger partial charge in [0.2, 0.25) is 0 Å². The molecule has 1 aliphatic rings. The molecule has 0 spiro atoms. The SMILES string of the molecule is CCOP(=O)(O)C(F)(F)C[C@H]1O[C@@H](n2cnc3ncnc(N)c32)[C@H](O)[C@@H]1O. The van der Waals surface area contributed by atoms with E-state index >= 15 is 0 Å². The molecule has 2 aromatic heterocycles. The molecule has 27 heavy (non-hydrogen) atoms. The average Bonchev–Trinajstić information content (AvgIpc) is 3.12. The van der Waals surface area contributed by atoms with E-state index in [-0.39, 0.29) is 17.0 Å². The summed E-state index contributed by atoms with van der Waals surface area (Å²) >= 11 is 0. The number of hydrogen-bond acceptors (Lipinski definition) is 9. The Hall–Kier alpha value is -1.76. The molecule has 0 bridgehead atoms. The van der Waals surface area contributed by atoms with Gasteiger partial charge in [-0.2, -0.15) is 8.78 Å². The summed E-state index contributed by atoms with van der Waals surface area (Å²) < 4.78 is 50.8. The minimum absolute atomic E-state index is 0.00720. The second-order valence-electron chi connectivity index (χ2n) is 5.94. The molecule has 1 aliphatic heterocycles. The zero-order valence-corrected chi connectivity index (χ0v) is 14.9. The topological polar surface area (TPSA) is 166 Å². The molecule has 0 amide bonds. The summed E-state index contributed by atoms with van der Waals surface area (Å²) in [6, 6.07) is 0. The van der Waals surface area contributed by atoms with Crippen molar-refractivity contribution >= 4 is 24.6 Å². The van der Waals surface area contributed by atoms with Gasteiger partial charge in [0.25, 0.3) is 0 Å². The largest absolute Gasteiger partial charge is 0.397 e. The fourth-order valence-electron chi connectivity index (χ4n) is 2.85. The smallest absolute Gasteiger partial charge is 0.388 e. The number of hydrogen-bond donors (Lipinski definition) is 4. The standard InChI is InChI=1S/C13H18F2N5O6P/c1-2-25-27(23,24)13(14,15)3-6-8(21)9(22)12(26-6)20-5-19-11-7(20)10(16)17-4-18-11/h4-6,8-9,12,21-22H,2-3H2,1H3,(H,23,24)(H2,16,17,18)/t6-,8-,9-,12-/m1/s1. The fourth-order valence-corrected chi connectivity index (χ4v) is 3.80. The first-order valence-corrected chi connectivity index (χ1v) is 9.46. The van der Waals surface area contributed by atoms with Gasteiger partial charge < -0.3 is 30.1 Å². The van der Waals surface area contributed by atoms with Crippen LogP contribution >= 0.6 is 7.60 Å². The molecule has 1 unspecified atom stereocenters. The lowest BCUT2D eigenvalue weighted by atomic mass is 10.1. The highest BCUT2D eigenvalue weighted by Crippen LogP contribution is 2.60. The molecule has 0 radical (unpaired) electrons. The van der Waals surface area contributed by atoms with Crippen molar-refractivity contribution in [1.82, 2.24) is 19.5 Å². The Morgan fingerprint density at radius 3 is 2.74 bits per heavy atom. The number of rotatable bonds is 6. The second kappa shape index (κ2) is 7.00. The molecule has 0 aliphatic carbocycles. The lowest BCUT2D eigenvalue weighted by Gasteiger charge is -2.25. The Bertz CT molecular complexity index is 882. The van der Waals surface area contributed by atoms with Gasteiger partial charge in [0, 0.05) is 0 Å². The average molecular weight is 409 g/mol. The maximum absolute atomic E-state index is 14.2. The highest BCUT2D eigenvalue weighted by Gasteiger charge is 2.56. The van der Waals surface area contributed by atoms with Crippen LogP contribution in [0, 0.1) is 0 Å². The summed E-state index contributed by atoms with van der Waals surface area (Å²) in [4.78, 5) is 21.0. The second-order valence-corrected chi connectivity index (χ2v) is 7.89. The summed E-state index contributed by atoms with van der Waals surface area (Å²) in [7, 11) is -5.29. The van der Waals surface area contributed by atoms with Gasteiger partial charge in [-0.25, -0.2) is 15.0 Å². The third-order valence-electron chi connectivity index (χ3n) is 4.17. The van der Waals surface area contributed by atoms with Crippen LogP contribution in [0.5, 0.6) is 0 Å². The Morgan fingerprint density at radius 2 is 2.07 bits per heavy atom. The number of nitrogens with two attached hydrogens (primary N) is 1. The Morgan fingerprint density at radius 1 is 1.37 bits per heavy atom. The maximum atomic E-state index is 14.2. The summed E-state index contributed by atoms with van der Waals surface area (Å²) in [5, 5.41) is 20.4. The molecule has 3 heterocycles. The molecule has 1 fully saturated rings. The lowest BCUT2D eigenvalue weighted by Crippen LogP contribution is -2.35. The number of nitrogen functional groups attached to an aromatic ring is 1. The van der Waals surface area contributed by atoms with Crippen LogP contribution in [0.2, 0.25) is 0 Å². The number of aliphatic hydroxyl groups excluding tert-OH is 2. The van der Waals surface area contributed by atoms with Crippen LogP contribution < -0.4 is 5.73 Å². The first kappa shape index (κ1) is 20.0. The van der Waals surface area contributed by atoms with E-state index < -0.39 is 50.8 Å². The number of fused-ring (bicyclic) bond motifs is 1. The minimum atomic E-state index is -5.29. The zero-order chi connectivity index (χ0) is 20.0. The van der Waals surface area contributed by atoms with Gasteiger partial charge in [-0.15, -0.1) is 0 Å². The number of aromatic nitrogens is 4. The molecule has 2 aromatic rings. The minimum Gasteiger partial charge on any atom is -0.388 e. The van der Waals surface area contributed by atoms with E-state index in [0.29, 0.717) is 0 Å². The highest BCUT2D eigenvalue weighted by molar-refractivity contribution is 7.54. The van der Waals surface area contributed by atoms with Crippen LogP contribution in [-0.2, 0) is 13.8 Å². The number of anilines is 1. The van der Waals surface area contributed by atoms with Gasteiger partial charge in [-0.3, -0.25) is 9.13 Å². The van der Waals surface area contributed by atoms with E-state index in [1.807, 2.05) is 0 Å². The van der Waals surface area contributed by atoms with E-state index in [2.05, 4.69) is 19.5 Å². The maximum Gasteiger partial charge on any atom is 0.397 e. The predicted molar refractivity (Wildman–Crippen MR) is 86.7 cm³/mol. The Balaban J connectivity index is 1.87. The zero-order valence-electron chi connectivity index (χ0n) is 14.0. The number of ether oxygens (including phenoxy) is 1. The van der Waals surface area contributed by atoms with Gasteiger partial charge in [0.1, 0.15) is 30.4 Å². The molecule has 1 saturated heterocycles. The van der Waals surface area contributed by atoms with E-state index in [0.717, 1.165) is 0 Å². The van der Waals surface area contributed by atoms with Crippen molar-refractivity contribution in [3.8, 4) is 0 Å². The fraction of sp³-hybridized carbons (Fsp3) is 0.615. The normalized spacial score (nSPS) is 28.5. The summed E-state index contributed by atoms with van der Waals surface area (Å²) in [5.74, 6) is 0.00720.